The molecule has 0 aliphatic rings. The van der Waals surface area contributed by atoms with Gasteiger partial charge in [0.05, 0.1) is 17.5 Å². The lowest BCUT2D eigenvalue weighted by molar-refractivity contribution is 0.0697. The summed E-state index contributed by atoms with van der Waals surface area (Å²) in [5.41, 5.74) is -0.115. The number of anilines is 1. The molecule has 7 nitrogen and oxygen atoms in total. The van der Waals surface area contributed by atoms with Crippen LogP contribution < -0.4 is 10.0 Å². The highest BCUT2D eigenvalue weighted by Gasteiger charge is 2.16. The van der Waals surface area contributed by atoms with Gasteiger partial charge in [-0.1, -0.05) is 76.9 Å². The fourth-order valence-corrected chi connectivity index (χ4v) is 4.40. The molecule has 0 atom stereocenters. The van der Waals surface area contributed by atoms with Crippen LogP contribution in [0.4, 0.5) is 5.69 Å². The first-order valence-electron chi connectivity index (χ1n) is 13.0. The van der Waals surface area contributed by atoms with Crippen LogP contribution in [0.1, 0.15) is 118 Å². The highest BCUT2D eigenvalue weighted by atomic mass is 32.2. The molecule has 0 spiro atoms. The lowest BCUT2D eigenvalue weighted by Gasteiger charge is -2.11. The molecular formula is C27H44N2O5S. The number of carbonyl (C=O) groups excluding carboxylic acids is 1. The van der Waals surface area contributed by atoms with E-state index in [0.29, 0.717) is 6.54 Å². The molecular weight excluding hydrogens is 464 g/mol. The van der Waals surface area contributed by atoms with Gasteiger partial charge in [0.2, 0.25) is 10.0 Å². The molecule has 35 heavy (non-hydrogen) atoms. The topological polar surface area (TPSA) is 113 Å². The van der Waals surface area contributed by atoms with Crippen molar-refractivity contribution in [3.8, 4) is 0 Å². The number of hydrogen-bond acceptors (Lipinski definition) is 4. The standard InChI is InChI=1S/C27H44N2O5S/c1-3-4-5-6-7-8-9-10-11-12-13-14-15-16-17-18-21-28-26(30)23-19-20-24(27(31)32)25(22-23)29-35(2,33)34/h10-11,19-20,22,29H,3-9,12-18,21H2,1-2H3,(H,28,30)(H,31,32)/b11-10-. The molecule has 0 fully saturated rings. The van der Waals surface area contributed by atoms with Gasteiger partial charge in [0.1, 0.15) is 0 Å². The number of rotatable bonds is 20. The highest BCUT2D eigenvalue weighted by Crippen LogP contribution is 2.19. The minimum absolute atomic E-state index is 0.120. The van der Waals surface area contributed by atoms with Crippen molar-refractivity contribution in [3.63, 3.8) is 0 Å². The maximum atomic E-state index is 12.4. The molecule has 0 aliphatic carbocycles. The van der Waals surface area contributed by atoms with E-state index in [0.717, 1.165) is 31.9 Å². The van der Waals surface area contributed by atoms with Gasteiger partial charge in [0, 0.05) is 12.1 Å². The number of unbranched alkanes of at least 4 members (excludes halogenated alkanes) is 12. The first-order valence-corrected chi connectivity index (χ1v) is 14.9. The molecule has 3 N–H and O–H groups in total. The normalized spacial score (nSPS) is 11.6. The van der Waals surface area contributed by atoms with E-state index in [9.17, 15) is 23.1 Å². The zero-order valence-corrected chi connectivity index (χ0v) is 22.3. The third-order valence-electron chi connectivity index (χ3n) is 5.78. The lowest BCUT2D eigenvalue weighted by Crippen LogP contribution is -2.25. The second kappa shape index (κ2) is 18.0. The molecule has 1 aromatic carbocycles. The Hall–Kier alpha value is -2.35. The van der Waals surface area contributed by atoms with Crippen molar-refractivity contribution in [2.45, 2.75) is 96.8 Å². The number of carbonyl (C=O) groups is 2. The maximum absolute atomic E-state index is 12.4. The molecule has 0 radical (unpaired) electrons. The first kappa shape index (κ1) is 30.7. The minimum Gasteiger partial charge on any atom is -0.478 e. The van der Waals surface area contributed by atoms with Crippen molar-refractivity contribution >= 4 is 27.6 Å². The number of allylic oxidation sites excluding steroid dienone is 2. The maximum Gasteiger partial charge on any atom is 0.337 e. The smallest absolute Gasteiger partial charge is 0.337 e. The van der Waals surface area contributed by atoms with Crippen molar-refractivity contribution in [2.24, 2.45) is 0 Å². The molecule has 0 aromatic heterocycles. The van der Waals surface area contributed by atoms with Crippen LogP contribution in [0.15, 0.2) is 30.4 Å². The molecule has 0 saturated heterocycles. The van der Waals surface area contributed by atoms with Gasteiger partial charge in [-0.2, -0.15) is 0 Å². The van der Waals surface area contributed by atoms with Crippen LogP contribution in [0.25, 0.3) is 0 Å². The summed E-state index contributed by atoms with van der Waals surface area (Å²) < 4.78 is 25.1. The van der Waals surface area contributed by atoms with Gasteiger partial charge >= 0.3 is 5.97 Å². The van der Waals surface area contributed by atoms with Gasteiger partial charge in [-0.3, -0.25) is 9.52 Å². The second-order valence-electron chi connectivity index (χ2n) is 9.13. The molecule has 1 aromatic rings. The molecule has 0 bridgehead atoms. The number of amides is 1. The van der Waals surface area contributed by atoms with E-state index in [2.05, 4.69) is 29.1 Å². The van der Waals surface area contributed by atoms with Crippen molar-refractivity contribution in [3.05, 3.63) is 41.5 Å². The average Bonchev–Trinajstić information content (AvgIpc) is 2.79. The van der Waals surface area contributed by atoms with E-state index in [1.807, 2.05) is 0 Å². The van der Waals surface area contributed by atoms with Gasteiger partial charge < -0.3 is 10.4 Å². The summed E-state index contributed by atoms with van der Waals surface area (Å²) in [7, 11) is -3.67. The van der Waals surface area contributed by atoms with E-state index >= 15 is 0 Å². The Balaban J connectivity index is 2.14. The Morgan fingerprint density at radius 1 is 0.857 bits per heavy atom. The van der Waals surface area contributed by atoms with Gasteiger partial charge in [-0.25, -0.2) is 13.2 Å². The van der Waals surface area contributed by atoms with Crippen LogP contribution in [-0.2, 0) is 10.0 Å². The second-order valence-corrected chi connectivity index (χ2v) is 10.9. The van der Waals surface area contributed by atoms with Gasteiger partial charge in [0.15, 0.2) is 0 Å². The molecule has 0 heterocycles. The average molecular weight is 509 g/mol. The summed E-state index contributed by atoms with van der Waals surface area (Å²) in [6.45, 7) is 2.77. The lowest BCUT2D eigenvalue weighted by atomic mass is 10.1. The number of benzene rings is 1. The number of carboxylic acids is 1. The van der Waals surface area contributed by atoms with Crippen molar-refractivity contribution in [2.75, 3.05) is 17.5 Å². The number of hydrogen-bond donors (Lipinski definition) is 3. The molecule has 0 unspecified atom stereocenters. The molecule has 1 amide bonds. The summed E-state index contributed by atoms with van der Waals surface area (Å²) in [4.78, 5) is 23.7. The van der Waals surface area contributed by atoms with Crippen molar-refractivity contribution in [1.82, 2.24) is 5.32 Å². The minimum atomic E-state index is -3.67. The van der Waals surface area contributed by atoms with E-state index in [4.69, 9.17) is 0 Å². The van der Waals surface area contributed by atoms with Gasteiger partial charge in [0.25, 0.3) is 5.91 Å². The van der Waals surface area contributed by atoms with Crippen LogP contribution in [0.5, 0.6) is 0 Å². The predicted molar refractivity (Wildman–Crippen MR) is 144 cm³/mol. The summed E-state index contributed by atoms with van der Waals surface area (Å²) >= 11 is 0. The molecule has 198 valence electrons. The highest BCUT2D eigenvalue weighted by molar-refractivity contribution is 7.92. The van der Waals surface area contributed by atoms with E-state index in [1.54, 1.807) is 0 Å². The Kier molecular flexibility index (Phi) is 15.8. The van der Waals surface area contributed by atoms with Gasteiger partial charge in [-0.15, -0.1) is 0 Å². The van der Waals surface area contributed by atoms with E-state index in [1.165, 1.54) is 82.4 Å². The van der Waals surface area contributed by atoms with Crippen LogP contribution in [0.3, 0.4) is 0 Å². The fraction of sp³-hybridized carbons (Fsp3) is 0.630. The third-order valence-corrected chi connectivity index (χ3v) is 6.37. The molecule has 0 aliphatic heterocycles. The summed E-state index contributed by atoms with van der Waals surface area (Å²) in [6, 6.07) is 3.87. The van der Waals surface area contributed by atoms with Crippen molar-refractivity contribution < 1.29 is 23.1 Å². The number of nitrogens with one attached hydrogen (secondary N) is 2. The molecule has 1 rings (SSSR count). The third kappa shape index (κ3) is 15.3. The SMILES string of the molecule is CCCCCCCC/C=C\CCCCCCCCNC(=O)c1ccc(C(=O)O)c(NS(C)(=O)=O)c1. The molecule has 0 saturated carbocycles. The number of sulfonamides is 1. The number of carboxylic acid groups (broad SMARTS) is 1. The van der Waals surface area contributed by atoms with Crippen molar-refractivity contribution in [1.29, 1.82) is 0 Å². The quantitative estimate of drug-likeness (QED) is 0.137. The Bertz CT molecular complexity index is 897. The fourth-order valence-electron chi connectivity index (χ4n) is 3.83. The largest absolute Gasteiger partial charge is 0.478 e. The van der Waals surface area contributed by atoms with Gasteiger partial charge in [-0.05, 0) is 50.3 Å². The Morgan fingerprint density at radius 3 is 1.94 bits per heavy atom. The summed E-state index contributed by atoms with van der Waals surface area (Å²) in [5, 5.41) is 12.0. The van der Waals surface area contributed by atoms with Crippen LogP contribution in [0, 0.1) is 0 Å². The van der Waals surface area contributed by atoms with Crippen LogP contribution in [-0.4, -0.2) is 38.2 Å². The number of aromatic carboxylic acids is 1. The monoisotopic (exact) mass is 508 g/mol. The van der Waals surface area contributed by atoms with Crippen LogP contribution in [0.2, 0.25) is 0 Å². The van der Waals surface area contributed by atoms with Crippen LogP contribution >= 0.6 is 0 Å². The summed E-state index contributed by atoms with van der Waals surface area (Å²) in [5.74, 6) is -1.63. The summed E-state index contributed by atoms with van der Waals surface area (Å²) in [6.07, 6.45) is 22.7. The first-order chi connectivity index (χ1) is 16.7. The Labute approximate surface area is 211 Å². The molecule has 8 heteroatoms. The van der Waals surface area contributed by atoms with E-state index in [-0.39, 0.29) is 22.7 Å². The van der Waals surface area contributed by atoms with E-state index < -0.39 is 16.0 Å². The zero-order valence-electron chi connectivity index (χ0n) is 21.5. The zero-order chi connectivity index (χ0) is 25.9. The predicted octanol–water partition coefficient (Wildman–Crippen LogP) is 6.52. The Morgan fingerprint density at radius 2 is 1.40 bits per heavy atom.